The van der Waals surface area contributed by atoms with Gasteiger partial charge in [-0.15, -0.1) is 0 Å². The van der Waals surface area contributed by atoms with Crippen molar-refractivity contribution in [2.24, 2.45) is 45.3 Å². The van der Waals surface area contributed by atoms with Gasteiger partial charge in [0.15, 0.2) is 31.5 Å². The summed E-state index contributed by atoms with van der Waals surface area (Å²) in [6, 6.07) is 0. The zero-order valence-corrected chi connectivity index (χ0v) is 53.4. The molecule has 0 aromatic rings. The van der Waals surface area contributed by atoms with E-state index in [-0.39, 0.29) is 29.1 Å². The largest absolute Gasteiger partial charge is 0.462 e. The molecule has 29 nitrogen and oxygen atoms in total. The summed E-state index contributed by atoms with van der Waals surface area (Å²) < 4.78 is 118. The molecule has 3 saturated carbocycles. The first-order valence-electron chi connectivity index (χ1n) is 31.6. The Bertz CT molecular complexity index is 2670. The van der Waals surface area contributed by atoms with E-state index in [0.29, 0.717) is 50.9 Å². The molecule has 6 saturated heterocycles. The van der Waals surface area contributed by atoms with Crippen LogP contribution in [0.15, 0.2) is 11.6 Å². The summed E-state index contributed by atoms with van der Waals surface area (Å²) in [5, 5.41) is 111. The third-order valence-electron chi connectivity index (χ3n) is 22.1. The van der Waals surface area contributed by atoms with Crippen LogP contribution < -0.4 is 0 Å². The number of aliphatic hydroxyl groups is 10. The van der Waals surface area contributed by atoms with Gasteiger partial charge in [0.1, 0.15) is 109 Å². The molecule has 0 unspecified atom stereocenters. The van der Waals surface area contributed by atoms with Gasteiger partial charge in [-0.05, 0) is 93.8 Å². The Kier molecular flexibility index (Phi) is 20.8. The Labute approximate surface area is 523 Å². The van der Waals surface area contributed by atoms with Crippen molar-refractivity contribution < 1.29 is 139 Å². The number of methoxy groups -OCH3 is 1. The Hall–Kier alpha value is -2.29. The molecule has 0 aromatic heterocycles. The minimum atomic E-state index is -5.26. The maximum Gasteiger partial charge on any atom is 0.397 e. The number of carbonyl (C=O) groups excluding carboxylic acids is 2. The normalized spacial score (nSPS) is 50.3. The van der Waals surface area contributed by atoms with Gasteiger partial charge in [-0.3, -0.25) is 14.1 Å². The number of fused-ring (bicyclic) bond motifs is 4. The lowest BCUT2D eigenvalue weighted by Gasteiger charge is -2.64. The number of hydrogen-bond acceptors (Lipinski definition) is 28. The highest BCUT2D eigenvalue weighted by atomic mass is 32.3. The summed E-state index contributed by atoms with van der Waals surface area (Å²) >= 11 is 0. The molecule has 10 aliphatic rings. The van der Waals surface area contributed by atoms with Gasteiger partial charge < -0.3 is 113 Å². The molecule has 0 radical (unpaired) electrons. The summed E-state index contributed by atoms with van der Waals surface area (Å²) in [5.74, 6) is -0.620. The van der Waals surface area contributed by atoms with Crippen LogP contribution in [-0.4, -0.2) is 263 Å². The average molecular weight is 1310 g/mol. The Morgan fingerprint density at radius 1 is 0.700 bits per heavy atom. The van der Waals surface area contributed by atoms with E-state index < -0.39 is 212 Å². The van der Waals surface area contributed by atoms with Crippen molar-refractivity contribution in [3.05, 3.63) is 11.6 Å². The second-order valence-electron chi connectivity index (χ2n) is 28.4. The van der Waals surface area contributed by atoms with Crippen LogP contribution in [0, 0.1) is 45.3 Å². The van der Waals surface area contributed by atoms with Crippen molar-refractivity contribution in [1.29, 1.82) is 0 Å². The van der Waals surface area contributed by atoms with Crippen molar-refractivity contribution >= 4 is 22.3 Å². The molecule has 0 aromatic carbocycles. The van der Waals surface area contributed by atoms with E-state index in [1.54, 1.807) is 0 Å². The molecule has 31 atom stereocenters. The predicted molar refractivity (Wildman–Crippen MR) is 302 cm³/mol. The van der Waals surface area contributed by atoms with E-state index in [2.05, 4.69) is 47.6 Å². The van der Waals surface area contributed by atoms with Gasteiger partial charge in [0.05, 0.1) is 50.0 Å². The Morgan fingerprint density at radius 2 is 1.32 bits per heavy atom. The van der Waals surface area contributed by atoms with Crippen molar-refractivity contribution in [2.75, 3.05) is 33.5 Å². The average Bonchev–Trinajstić information content (AvgIpc) is 1.45. The van der Waals surface area contributed by atoms with Gasteiger partial charge in [0, 0.05) is 19.4 Å². The lowest BCUT2D eigenvalue weighted by atomic mass is 9.41. The first kappa shape index (κ1) is 70.5. The molecule has 10 rings (SSSR count). The zero-order chi connectivity index (χ0) is 65.7. The third kappa shape index (κ3) is 12.6. The molecular formula is C60H96O29S. The highest BCUT2D eigenvalue weighted by Gasteiger charge is 2.79. The summed E-state index contributed by atoms with van der Waals surface area (Å²) in [6.45, 7) is 15.2. The van der Waals surface area contributed by atoms with Gasteiger partial charge in [-0.2, -0.15) is 8.42 Å². The molecule has 0 bridgehead atoms. The molecular weight excluding hydrogens is 1220 g/mol. The van der Waals surface area contributed by atoms with E-state index >= 15 is 0 Å². The summed E-state index contributed by atoms with van der Waals surface area (Å²) in [7, 11) is -4.06. The van der Waals surface area contributed by atoms with E-state index in [9.17, 15) is 73.6 Å². The van der Waals surface area contributed by atoms with Crippen LogP contribution in [0.25, 0.3) is 0 Å². The molecule has 90 heavy (non-hydrogen) atoms. The quantitative estimate of drug-likeness (QED) is 0.0427. The fourth-order valence-electron chi connectivity index (χ4n) is 17.7. The summed E-state index contributed by atoms with van der Waals surface area (Å²) in [6.07, 6.45) is -30.9. The maximum absolute atomic E-state index is 14.8. The molecule has 9 fully saturated rings. The Balaban J connectivity index is 0.904. The second-order valence-corrected chi connectivity index (χ2v) is 29.5. The van der Waals surface area contributed by atoms with Gasteiger partial charge >= 0.3 is 22.3 Å². The van der Waals surface area contributed by atoms with E-state index in [1.807, 2.05) is 6.92 Å². The summed E-state index contributed by atoms with van der Waals surface area (Å²) in [5.41, 5.74) is -2.36. The molecule has 30 heteroatoms. The van der Waals surface area contributed by atoms with Crippen LogP contribution in [0.1, 0.15) is 120 Å². The van der Waals surface area contributed by atoms with Crippen LogP contribution in [-0.2, 0) is 85.8 Å². The molecule has 516 valence electrons. The van der Waals surface area contributed by atoms with Gasteiger partial charge in [0.2, 0.25) is 0 Å². The number of allylic oxidation sites excluding steroid dienone is 2. The molecule has 4 aliphatic carbocycles. The minimum Gasteiger partial charge on any atom is -0.462 e. The number of aliphatic hydroxyl groups excluding tert-OH is 10. The lowest BCUT2D eigenvalue weighted by Crippen LogP contribution is -2.67. The number of carbonyl (C=O) groups is 2. The second kappa shape index (κ2) is 26.6. The van der Waals surface area contributed by atoms with Crippen molar-refractivity contribution in [3.8, 4) is 0 Å². The maximum atomic E-state index is 14.8. The van der Waals surface area contributed by atoms with Gasteiger partial charge in [0.25, 0.3) is 0 Å². The lowest BCUT2D eigenvalue weighted by molar-refractivity contribution is -0.399. The standard InChI is InChI=1S/C60H96O29S/c1-25(2)12-11-17-59(9)49-32(81-27(4)62)20-58(8)29-13-14-35-56(5,6)36(16-18-57(35,7)28(29)15-19-60(49,58)55(72)88-59)83-53-47(39(67)34(24-79-53)89-90(73,74)75)87-54-48(86-50-40(68)37(65)30(63)22-77-50)41(69)44(26(3)80-54)84-51-42(70)45(31(64)23-78-51)85-52-43(71)46(76-10)38(66)33(21-61)82-52/h13,25-26,28,30-54,61,63-71H,11-12,14-24H2,1-10H3,(H,73,74,75)/t26-,28-,30-,31-,32+,33-,34-,35+,36+,37+,38-,39+,40-,41+,42-,43-,44-,45+,46+,47-,48-,49-,50+,51+,52+,53+,54+,57-,58+,59+,60-/m1/s1. The van der Waals surface area contributed by atoms with Crippen LogP contribution >= 0.6 is 0 Å². The highest BCUT2D eigenvalue weighted by Crippen LogP contribution is 2.77. The summed E-state index contributed by atoms with van der Waals surface area (Å²) in [4.78, 5) is 27.6. The SMILES string of the molecule is CO[C@@H]1[C@@H](O)[C@H](O[C@@H]2[C@@H](O)[C@H](O[C@H]3[C@H](O)[C@@H](O[C@@H]4OC[C@@H](O)[C@H](O)[C@H]4O)[C@H](O[C@H]4[C@H](O[C@H]5CC[C@]6(C)[C@@H]7CC[C@]89C(=O)O[C@@](C)(CCCC(C)C)[C@H]8[C@@H](OC(C)=O)C[C@@]9(C)C7=CC[C@H]6C5(C)C)OC[C@@H](OS(=O)(=O)O)[C@@H]4O)O[C@@H]3C)OC[C@H]2O)O[C@H](CO)[C@H]1O. The fraction of sp³-hybridized carbons (Fsp3) is 0.933. The van der Waals surface area contributed by atoms with Gasteiger partial charge in [-0.1, -0.05) is 59.6 Å². The smallest absolute Gasteiger partial charge is 0.397 e. The predicted octanol–water partition coefficient (Wildman–Crippen LogP) is -0.837. The number of esters is 2. The van der Waals surface area contributed by atoms with E-state index in [1.165, 1.54) is 26.5 Å². The van der Waals surface area contributed by atoms with Crippen LogP contribution in [0.4, 0.5) is 0 Å². The van der Waals surface area contributed by atoms with Crippen LogP contribution in [0.5, 0.6) is 0 Å². The van der Waals surface area contributed by atoms with Crippen LogP contribution in [0.2, 0.25) is 0 Å². The molecule has 1 spiro atoms. The molecule has 11 N–H and O–H groups in total. The molecule has 6 aliphatic heterocycles. The zero-order valence-electron chi connectivity index (χ0n) is 52.6. The molecule has 6 heterocycles. The minimum absolute atomic E-state index is 0.00396. The number of hydrogen-bond donors (Lipinski definition) is 11. The number of ether oxygens (including phenoxy) is 13. The molecule has 0 amide bonds. The van der Waals surface area contributed by atoms with Crippen molar-refractivity contribution in [1.82, 2.24) is 0 Å². The number of rotatable bonds is 19. The van der Waals surface area contributed by atoms with Gasteiger partial charge in [-0.25, -0.2) is 4.18 Å². The monoisotopic (exact) mass is 1310 g/mol. The van der Waals surface area contributed by atoms with E-state index in [0.717, 1.165) is 12.8 Å². The van der Waals surface area contributed by atoms with Crippen molar-refractivity contribution in [3.63, 3.8) is 0 Å². The number of cyclic esters (lactones) is 1. The third-order valence-corrected chi connectivity index (χ3v) is 22.6. The Morgan fingerprint density at radius 3 is 1.98 bits per heavy atom. The highest BCUT2D eigenvalue weighted by molar-refractivity contribution is 7.80. The topological polar surface area (TPSA) is 420 Å². The first-order valence-corrected chi connectivity index (χ1v) is 33.0. The first-order chi connectivity index (χ1) is 42.2. The van der Waals surface area contributed by atoms with Crippen molar-refractivity contribution in [2.45, 2.75) is 273 Å². The fourth-order valence-corrected chi connectivity index (χ4v) is 18.2. The van der Waals surface area contributed by atoms with Crippen LogP contribution in [0.3, 0.4) is 0 Å². The van der Waals surface area contributed by atoms with E-state index in [4.69, 9.17) is 65.8 Å².